The lowest BCUT2D eigenvalue weighted by atomic mass is 10.1. The summed E-state index contributed by atoms with van der Waals surface area (Å²) >= 11 is 12.4. The van der Waals surface area contributed by atoms with Gasteiger partial charge >= 0.3 is 0 Å². The molecular weight excluding hydrogens is 343 g/mol. The fourth-order valence-electron chi connectivity index (χ4n) is 3.29. The molecule has 22 heavy (non-hydrogen) atoms. The lowest BCUT2D eigenvalue weighted by Gasteiger charge is -2.37. The molecule has 0 N–H and O–H groups in total. The van der Waals surface area contributed by atoms with E-state index in [9.17, 15) is 8.42 Å². The number of halogens is 2. The van der Waals surface area contributed by atoms with Crippen LogP contribution < -0.4 is 4.90 Å². The average Bonchev–Trinajstić information content (AvgIpc) is 2.82. The summed E-state index contributed by atoms with van der Waals surface area (Å²) in [5.74, 6) is 1.01. The summed E-state index contributed by atoms with van der Waals surface area (Å²) in [7, 11) is -2.78. The van der Waals surface area contributed by atoms with Crippen LogP contribution >= 0.6 is 23.2 Å². The third kappa shape index (κ3) is 3.70. The van der Waals surface area contributed by atoms with E-state index in [1.54, 1.807) is 6.07 Å². The van der Waals surface area contributed by atoms with Crippen LogP contribution in [0.15, 0.2) is 18.2 Å². The van der Waals surface area contributed by atoms with Gasteiger partial charge in [-0.2, -0.15) is 0 Å². The van der Waals surface area contributed by atoms with Crippen LogP contribution in [-0.2, 0) is 9.84 Å². The molecule has 0 spiro atoms. The monoisotopic (exact) mass is 362 g/mol. The maximum Gasteiger partial charge on any atom is 0.150 e. The first-order valence-electron chi connectivity index (χ1n) is 7.56. The van der Waals surface area contributed by atoms with Crippen molar-refractivity contribution in [1.29, 1.82) is 0 Å². The van der Waals surface area contributed by atoms with E-state index in [0.29, 0.717) is 27.5 Å². The number of anilines is 1. The van der Waals surface area contributed by atoms with Crippen LogP contribution in [-0.4, -0.2) is 57.5 Å². The van der Waals surface area contributed by atoms with Gasteiger partial charge in [-0.15, -0.1) is 0 Å². The van der Waals surface area contributed by atoms with Crippen LogP contribution in [0, 0.1) is 5.92 Å². The molecule has 122 valence electrons. The van der Waals surface area contributed by atoms with Crippen molar-refractivity contribution in [2.75, 3.05) is 49.1 Å². The molecule has 7 heteroatoms. The predicted octanol–water partition coefficient (Wildman–Crippen LogP) is 2.55. The molecule has 0 aromatic heterocycles. The molecule has 2 heterocycles. The van der Waals surface area contributed by atoms with Crippen LogP contribution in [0.2, 0.25) is 10.0 Å². The second-order valence-corrected chi connectivity index (χ2v) is 9.14. The highest BCUT2D eigenvalue weighted by molar-refractivity contribution is 7.91. The molecule has 2 aliphatic heterocycles. The molecule has 1 unspecified atom stereocenters. The second kappa shape index (κ2) is 6.56. The van der Waals surface area contributed by atoms with E-state index in [1.165, 1.54) is 0 Å². The number of sulfone groups is 1. The van der Waals surface area contributed by atoms with E-state index < -0.39 is 9.84 Å². The molecule has 3 rings (SSSR count). The molecule has 2 saturated heterocycles. The highest BCUT2D eigenvalue weighted by Gasteiger charge is 2.30. The van der Waals surface area contributed by atoms with Crippen molar-refractivity contribution >= 4 is 38.7 Å². The highest BCUT2D eigenvalue weighted by Crippen LogP contribution is 2.33. The van der Waals surface area contributed by atoms with Crippen molar-refractivity contribution < 1.29 is 8.42 Å². The molecule has 0 aliphatic carbocycles. The van der Waals surface area contributed by atoms with E-state index in [4.69, 9.17) is 23.2 Å². The minimum Gasteiger partial charge on any atom is -0.368 e. The van der Waals surface area contributed by atoms with Crippen LogP contribution in [0.5, 0.6) is 0 Å². The molecule has 4 nitrogen and oxygen atoms in total. The third-order valence-corrected chi connectivity index (χ3v) is 7.13. The predicted molar refractivity (Wildman–Crippen MR) is 91.9 cm³/mol. The minimum atomic E-state index is -2.78. The Labute approximate surface area is 141 Å². The minimum absolute atomic E-state index is 0.298. The zero-order chi connectivity index (χ0) is 15.7. The lowest BCUT2D eigenvalue weighted by molar-refractivity contribution is 0.227. The molecule has 0 radical (unpaired) electrons. The van der Waals surface area contributed by atoms with Gasteiger partial charge in [-0.05, 0) is 24.5 Å². The Kier molecular flexibility index (Phi) is 4.88. The Balaban J connectivity index is 1.55. The van der Waals surface area contributed by atoms with Crippen LogP contribution in [0.4, 0.5) is 5.69 Å². The van der Waals surface area contributed by atoms with E-state index in [1.807, 2.05) is 12.1 Å². The van der Waals surface area contributed by atoms with Crippen LogP contribution in [0.3, 0.4) is 0 Å². The first kappa shape index (κ1) is 16.4. The Hall–Kier alpha value is -0.490. The van der Waals surface area contributed by atoms with Crippen molar-refractivity contribution in [2.45, 2.75) is 6.42 Å². The fraction of sp³-hybridized carbons (Fsp3) is 0.600. The zero-order valence-corrected chi connectivity index (χ0v) is 14.7. The molecule has 1 aromatic rings. The number of nitrogens with zero attached hydrogens (tertiary/aromatic N) is 2. The number of piperazine rings is 1. The van der Waals surface area contributed by atoms with Crippen molar-refractivity contribution in [3.8, 4) is 0 Å². The van der Waals surface area contributed by atoms with Crippen molar-refractivity contribution in [3.63, 3.8) is 0 Å². The van der Waals surface area contributed by atoms with Crippen LogP contribution in [0.25, 0.3) is 0 Å². The SMILES string of the molecule is O=S1(=O)CCC(CN2CCN(c3cccc(Cl)c3Cl)CC2)C1. The topological polar surface area (TPSA) is 40.6 Å². The summed E-state index contributed by atoms with van der Waals surface area (Å²) in [6, 6.07) is 5.71. The van der Waals surface area contributed by atoms with Crippen molar-refractivity contribution in [1.82, 2.24) is 4.90 Å². The largest absolute Gasteiger partial charge is 0.368 e. The first-order chi connectivity index (χ1) is 10.4. The number of hydrogen-bond donors (Lipinski definition) is 0. The fourth-order valence-corrected chi connectivity index (χ4v) is 5.55. The average molecular weight is 363 g/mol. The number of benzene rings is 1. The Morgan fingerprint density at radius 2 is 1.86 bits per heavy atom. The summed E-state index contributed by atoms with van der Waals surface area (Å²) in [6.07, 6.45) is 0.808. The number of rotatable bonds is 3. The van der Waals surface area contributed by atoms with E-state index in [0.717, 1.165) is 44.8 Å². The van der Waals surface area contributed by atoms with Crippen LogP contribution in [0.1, 0.15) is 6.42 Å². The van der Waals surface area contributed by atoms with Gasteiger partial charge in [-0.3, -0.25) is 4.90 Å². The standard InChI is InChI=1S/C15H20Cl2N2O2S/c16-13-2-1-3-14(15(13)17)19-7-5-18(6-8-19)10-12-4-9-22(20,21)11-12/h1-3,12H,4-11H2. The van der Waals surface area contributed by atoms with Gasteiger partial charge in [0, 0.05) is 32.7 Å². The lowest BCUT2D eigenvalue weighted by Crippen LogP contribution is -2.48. The molecule has 1 atom stereocenters. The van der Waals surface area contributed by atoms with E-state index in [-0.39, 0.29) is 0 Å². The summed E-state index contributed by atoms with van der Waals surface area (Å²) in [5, 5.41) is 1.19. The van der Waals surface area contributed by atoms with Gasteiger partial charge < -0.3 is 4.90 Å². The van der Waals surface area contributed by atoms with Gasteiger partial charge in [0.15, 0.2) is 9.84 Å². The van der Waals surface area contributed by atoms with Gasteiger partial charge in [0.05, 0.1) is 27.2 Å². The highest BCUT2D eigenvalue weighted by atomic mass is 35.5. The van der Waals surface area contributed by atoms with Crippen molar-refractivity contribution in [2.24, 2.45) is 5.92 Å². The molecular formula is C15H20Cl2N2O2S. The first-order valence-corrected chi connectivity index (χ1v) is 10.1. The third-order valence-electron chi connectivity index (χ3n) is 4.49. The zero-order valence-electron chi connectivity index (χ0n) is 12.3. The quantitative estimate of drug-likeness (QED) is 0.828. The van der Waals surface area contributed by atoms with Gasteiger partial charge in [0.1, 0.15) is 0 Å². The van der Waals surface area contributed by atoms with Crippen molar-refractivity contribution in [3.05, 3.63) is 28.2 Å². The maximum absolute atomic E-state index is 11.5. The maximum atomic E-state index is 11.5. The molecule has 0 amide bonds. The number of hydrogen-bond acceptors (Lipinski definition) is 4. The van der Waals surface area contributed by atoms with Gasteiger partial charge in [-0.1, -0.05) is 29.3 Å². The van der Waals surface area contributed by atoms with E-state index >= 15 is 0 Å². The molecule has 1 aromatic carbocycles. The molecule has 0 bridgehead atoms. The van der Waals surface area contributed by atoms with Gasteiger partial charge in [0.2, 0.25) is 0 Å². The summed E-state index contributed by atoms with van der Waals surface area (Å²) in [4.78, 5) is 4.61. The van der Waals surface area contributed by atoms with Gasteiger partial charge in [-0.25, -0.2) is 8.42 Å². The smallest absolute Gasteiger partial charge is 0.150 e. The summed E-state index contributed by atoms with van der Waals surface area (Å²) in [6.45, 7) is 4.52. The molecule has 0 saturated carbocycles. The molecule has 2 aliphatic rings. The normalized spacial score (nSPS) is 25.5. The second-order valence-electron chi connectivity index (χ2n) is 6.13. The Morgan fingerprint density at radius 1 is 1.14 bits per heavy atom. The Morgan fingerprint density at radius 3 is 2.50 bits per heavy atom. The van der Waals surface area contributed by atoms with Gasteiger partial charge in [0.25, 0.3) is 0 Å². The molecule has 2 fully saturated rings. The van der Waals surface area contributed by atoms with E-state index in [2.05, 4.69) is 9.80 Å². The Bertz CT molecular complexity index is 643. The summed E-state index contributed by atoms with van der Waals surface area (Å²) in [5.41, 5.74) is 0.984. The summed E-state index contributed by atoms with van der Waals surface area (Å²) < 4.78 is 23.1.